The molecule has 0 saturated carbocycles. The zero-order valence-corrected chi connectivity index (χ0v) is 13.1. The fraction of sp³-hybridized carbons (Fsp3) is 0.625. The quantitative estimate of drug-likeness (QED) is 0.732. The summed E-state index contributed by atoms with van der Waals surface area (Å²) < 4.78 is 5.38. The van der Waals surface area contributed by atoms with Gasteiger partial charge in [0.05, 0.1) is 13.2 Å². The summed E-state index contributed by atoms with van der Waals surface area (Å²) in [5.74, 6) is 0.0638. The molecule has 1 unspecified atom stereocenters. The third kappa shape index (κ3) is 3.63. The van der Waals surface area contributed by atoms with Gasteiger partial charge in [0.2, 0.25) is 5.91 Å². The van der Waals surface area contributed by atoms with Crippen LogP contribution in [0, 0.1) is 6.92 Å². The average molecular weight is 304 g/mol. The van der Waals surface area contributed by atoms with Crippen LogP contribution in [0.15, 0.2) is 6.20 Å². The zero-order chi connectivity index (χ0) is 15.4. The van der Waals surface area contributed by atoms with Crippen LogP contribution in [0.1, 0.15) is 28.8 Å². The highest BCUT2D eigenvalue weighted by Crippen LogP contribution is 2.20. The standard InChI is InChI=1S/C16H24N4O2/c1-11-15(14-2-3-17-7-12(14)8-19-11)9-20-16(21)6-13-10-22-5-4-18-13/h8,13,17-18H,2-7,9-10H2,1H3,(H,20,21). The predicted octanol–water partition coefficient (Wildman–Crippen LogP) is 0.0304. The van der Waals surface area contributed by atoms with E-state index in [4.69, 9.17) is 4.74 Å². The minimum atomic E-state index is 0.0638. The van der Waals surface area contributed by atoms with Gasteiger partial charge < -0.3 is 20.7 Å². The highest BCUT2D eigenvalue weighted by Gasteiger charge is 2.19. The molecular formula is C16H24N4O2. The molecule has 1 fully saturated rings. The third-order valence-electron chi connectivity index (χ3n) is 4.36. The van der Waals surface area contributed by atoms with Crippen molar-refractivity contribution in [3.05, 3.63) is 28.6 Å². The van der Waals surface area contributed by atoms with E-state index < -0.39 is 0 Å². The van der Waals surface area contributed by atoms with E-state index in [1.807, 2.05) is 13.1 Å². The van der Waals surface area contributed by atoms with Crippen LogP contribution in [0.2, 0.25) is 0 Å². The number of hydrogen-bond acceptors (Lipinski definition) is 5. The van der Waals surface area contributed by atoms with Crippen LogP contribution in [0.3, 0.4) is 0 Å². The van der Waals surface area contributed by atoms with E-state index in [-0.39, 0.29) is 11.9 Å². The number of morpholine rings is 1. The number of carbonyl (C=O) groups excluding carboxylic acids is 1. The van der Waals surface area contributed by atoms with Crippen molar-refractivity contribution in [2.24, 2.45) is 0 Å². The fourth-order valence-corrected chi connectivity index (χ4v) is 3.11. The lowest BCUT2D eigenvalue weighted by Crippen LogP contribution is -2.44. The van der Waals surface area contributed by atoms with Gasteiger partial charge in [-0.1, -0.05) is 0 Å². The van der Waals surface area contributed by atoms with Gasteiger partial charge in [-0.3, -0.25) is 9.78 Å². The molecule has 0 spiro atoms. The number of amides is 1. The van der Waals surface area contributed by atoms with E-state index in [1.165, 1.54) is 16.7 Å². The van der Waals surface area contributed by atoms with Crippen LogP contribution < -0.4 is 16.0 Å². The highest BCUT2D eigenvalue weighted by molar-refractivity contribution is 5.76. The largest absolute Gasteiger partial charge is 0.378 e. The lowest BCUT2D eigenvalue weighted by atomic mass is 9.96. The van der Waals surface area contributed by atoms with Crippen LogP contribution >= 0.6 is 0 Å². The Hall–Kier alpha value is -1.50. The van der Waals surface area contributed by atoms with Crippen LogP contribution in [-0.4, -0.2) is 43.2 Å². The monoisotopic (exact) mass is 304 g/mol. The Kier molecular flexibility index (Phi) is 5.02. The van der Waals surface area contributed by atoms with Crippen molar-refractivity contribution in [1.82, 2.24) is 20.9 Å². The Morgan fingerprint density at radius 1 is 1.50 bits per heavy atom. The molecular weight excluding hydrogens is 280 g/mol. The number of hydrogen-bond donors (Lipinski definition) is 3. The second kappa shape index (κ2) is 7.17. The Balaban J connectivity index is 1.60. The molecule has 3 heterocycles. The van der Waals surface area contributed by atoms with Crippen LogP contribution in [0.4, 0.5) is 0 Å². The Bertz CT molecular complexity index is 541. The number of aryl methyl sites for hydroxylation is 1. The van der Waals surface area contributed by atoms with Gasteiger partial charge in [0, 0.05) is 44.0 Å². The second-order valence-corrected chi connectivity index (χ2v) is 5.96. The summed E-state index contributed by atoms with van der Waals surface area (Å²) in [4.78, 5) is 16.6. The molecule has 22 heavy (non-hydrogen) atoms. The van der Waals surface area contributed by atoms with Crippen molar-refractivity contribution >= 4 is 5.91 Å². The maximum atomic E-state index is 12.1. The van der Waals surface area contributed by atoms with E-state index in [0.717, 1.165) is 38.4 Å². The highest BCUT2D eigenvalue weighted by atomic mass is 16.5. The number of pyridine rings is 1. The fourth-order valence-electron chi connectivity index (χ4n) is 3.11. The van der Waals surface area contributed by atoms with Gasteiger partial charge in [0.25, 0.3) is 0 Å². The Morgan fingerprint density at radius 3 is 3.23 bits per heavy atom. The maximum Gasteiger partial charge on any atom is 0.221 e. The molecule has 3 rings (SSSR count). The third-order valence-corrected chi connectivity index (χ3v) is 4.36. The summed E-state index contributed by atoms with van der Waals surface area (Å²) in [6, 6.07) is 0.127. The predicted molar refractivity (Wildman–Crippen MR) is 83.5 cm³/mol. The maximum absolute atomic E-state index is 12.1. The number of ether oxygens (including phenoxy) is 1. The van der Waals surface area contributed by atoms with Crippen molar-refractivity contribution in [3.8, 4) is 0 Å². The number of nitrogens with zero attached hydrogens (tertiary/aromatic N) is 1. The van der Waals surface area contributed by atoms with Crippen molar-refractivity contribution in [2.75, 3.05) is 26.3 Å². The lowest BCUT2D eigenvalue weighted by Gasteiger charge is -2.24. The van der Waals surface area contributed by atoms with E-state index in [2.05, 4.69) is 20.9 Å². The van der Waals surface area contributed by atoms with E-state index >= 15 is 0 Å². The van der Waals surface area contributed by atoms with Gasteiger partial charge in [-0.05, 0) is 36.6 Å². The Morgan fingerprint density at radius 2 is 2.41 bits per heavy atom. The first-order valence-corrected chi connectivity index (χ1v) is 7.99. The van der Waals surface area contributed by atoms with Gasteiger partial charge in [-0.2, -0.15) is 0 Å². The molecule has 6 heteroatoms. The van der Waals surface area contributed by atoms with E-state index in [1.54, 1.807) is 0 Å². The first-order valence-electron chi connectivity index (χ1n) is 7.99. The van der Waals surface area contributed by atoms with Crippen LogP contribution in [0.5, 0.6) is 0 Å². The molecule has 1 saturated heterocycles. The average Bonchev–Trinajstić information content (AvgIpc) is 2.55. The van der Waals surface area contributed by atoms with Crippen LogP contribution in [-0.2, 0) is 29.0 Å². The molecule has 2 aliphatic heterocycles. The number of carbonyl (C=O) groups is 1. The van der Waals surface area contributed by atoms with Crippen molar-refractivity contribution in [2.45, 2.75) is 38.9 Å². The summed E-state index contributed by atoms with van der Waals surface area (Å²) >= 11 is 0. The van der Waals surface area contributed by atoms with Crippen molar-refractivity contribution in [1.29, 1.82) is 0 Å². The van der Waals surface area contributed by atoms with Crippen molar-refractivity contribution < 1.29 is 9.53 Å². The molecule has 6 nitrogen and oxygen atoms in total. The topological polar surface area (TPSA) is 75.3 Å². The van der Waals surface area contributed by atoms with Crippen molar-refractivity contribution in [3.63, 3.8) is 0 Å². The normalized spacial score (nSPS) is 21.2. The molecule has 3 N–H and O–H groups in total. The summed E-state index contributed by atoms with van der Waals surface area (Å²) in [5.41, 5.74) is 4.80. The molecule has 0 aliphatic carbocycles. The SMILES string of the molecule is Cc1ncc2c(c1CNC(=O)CC1COCCN1)CCNC2. The van der Waals surface area contributed by atoms with Gasteiger partial charge >= 0.3 is 0 Å². The molecule has 1 aromatic rings. The summed E-state index contributed by atoms with van der Waals surface area (Å²) in [6.07, 6.45) is 3.41. The minimum Gasteiger partial charge on any atom is -0.378 e. The molecule has 1 atom stereocenters. The first kappa shape index (κ1) is 15.4. The summed E-state index contributed by atoms with van der Waals surface area (Å²) in [6.45, 7) is 6.59. The van der Waals surface area contributed by atoms with Gasteiger partial charge in [0.15, 0.2) is 0 Å². The van der Waals surface area contributed by atoms with Gasteiger partial charge in [-0.25, -0.2) is 0 Å². The van der Waals surface area contributed by atoms with Gasteiger partial charge in [-0.15, -0.1) is 0 Å². The molecule has 120 valence electrons. The first-order chi connectivity index (χ1) is 10.7. The number of aromatic nitrogens is 1. The smallest absolute Gasteiger partial charge is 0.221 e. The minimum absolute atomic E-state index is 0.0638. The van der Waals surface area contributed by atoms with E-state index in [0.29, 0.717) is 19.6 Å². The lowest BCUT2D eigenvalue weighted by molar-refractivity contribution is -0.122. The molecule has 1 amide bonds. The molecule has 0 radical (unpaired) electrons. The molecule has 0 bridgehead atoms. The zero-order valence-electron chi connectivity index (χ0n) is 13.1. The number of fused-ring (bicyclic) bond motifs is 1. The molecule has 2 aliphatic rings. The second-order valence-electron chi connectivity index (χ2n) is 5.96. The van der Waals surface area contributed by atoms with Gasteiger partial charge in [0.1, 0.15) is 0 Å². The summed E-state index contributed by atoms with van der Waals surface area (Å²) in [7, 11) is 0. The molecule has 1 aromatic heterocycles. The van der Waals surface area contributed by atoms with Crippen LogP contribution in [0.25, 0.3) is 0 Å². The molecule has 0 aromatic carbocycles. The number of rotatable bonds is 4. The Labute approximate surface area is 131 Å². The van der Waals surface area contributed by atoms with E-state index in [9.17, 15) is 4.79 Å². The number of nitrogens with one attached hydrogen (secondary N) is 3. The summed E-state index contributed by atoms with van der Waals surface area (Å²) in [5, 5.41) is 9.70.